The van der Waals surface area contributed by atoms with Gasteiger partial charge in [0.15, 0.2) is 5.13 Å². The van der Waals surface area contributed by atoms with Gasteiger partial charge in [-0.05, 0) is 32.0 Å². The van der Waals surface area contributed by atoms with Crippen LogP contribution in [0.3, 0.4) is 0 Å². The van der Waals surface area contributed by atoms with Crippen molar-refractivity contribution >= 4 is 39.3 Å². The number of amides is 1. The van der Waals surface area contributed by atoms with Crippen LogP contribution < -0.4 is 10.1 Å². The maximum absolute atomic E-state index is 12.7. The molecule has 0 unspecified atom stereocenters. The number of ether oxygens (including phenoxy) is 2. The number of furan rings is 1. The standard InChI is InChI=1S/C17H16N2O5S/c1-8-14(16(21)23-4)25-17(18-8)19-15(20)13-9(2)24-12-6-5-10(22-3)7-11(12)13/h5-7H,1-4H3,(H,18,19,20). The number of aromatic nitrogens is 1. The van der Waals surface area contributed by atoms with Crippen LogP contribution in [0.2, 0.25) is 0 Å². The number of esters is 1. The van der Waals surface area contributed by atoms with E-state index in [0.29, 0.717) is 43.7 Å². The van der Waals surface area contributed by atoms with Gasteiger partial charge in [-0.1, -0.05) is 11.3 Å². The molecular formula is C17H16N2O5S. The highest BCUT2D eigenvalue weighted by molar-refractivity contribution is 7.17. The Hall–Kier alpha value is -2.87. The molecule has 25 heavy (non-hydrogen) atoms. The molecule has 0 atom stereocenters. The van der Waals surface area contributed by atoms with E-state index in [4.69, 9.17) is 13.9 Å². The van der Waals surface area contributed by atoms with E-state index >= 15 is 0 Å². The van der Waals surface area contributed by atoms with Crippen molar-refractivity contribution in [2.24, 2.45) is 0 Å². The average Bonchev–Trinajstić information content (AvgIpc) is 3.11. The van der Waals surface area contributed by atoms with Gasteiger partial charge in [-0.3, -0.25) is 10.1 Å². The van der Waals surface area contributed by atoms with E-state index in [-0.39, 0.29) is 5.91 Å². The van der Waals surface area contributed by atoms with Crippen molar-refractivity contribution in [3.8, 4) is 5.75 Å². The van der Waals surface area contributed by atoms with E-state index in [1.54, 1.807) is 39.2 Å². The summed E-state index contributed by atoms with van der Waals surface area (Å²) in [5, 5.41) is 3.68. The zero-order valence-corrected chi connectivity index (χ0v) is 14.9. The highest BCUT2D eigenvalue weighted by Crippen LogP contribution is 2.30. The molecule has 3 aromatic rings. The van der Waals surface area contributed by atoms with E-state index in [1.165, 1.54) is 7.11 Å². The Morgan fingerprint density at radius 3 is 2.68 bits per heavy atom. The summed E-state index contributed by atoms with van der Waals surface area (Å²) < 4.78 is 15.5. The Morgan fingerprint density at radius 2 is 2.00 bits per heavy atom. The quantitative estimate of drug-likeness (QED) is 0.716. The number of hydrogen-bond acceptors (Lipinski definition) is 7. The third-order valence-corrected chi connectivity index (χ3v) is 4.74. The van der Waals surface area contributed by atoms with Gasteiger partial charge in [0.05, 0.1) is 25.5 Å². The number of carbonyl (C=O) groups is 2. The van der Waals surface area contributed by atoms with Crippen molar-refractivity contribution < 1.29 is 23.5 Å². The summed E-state index contributed by atoms with van der Waals surface area (Å²) in [6.07, 6.45) is 0. The monoisotopic (exact) mass is 360 g/mol. The molecule has 0 fully saturated rings. The summed E-state index contributed by atoms with van der Waals surface area (Å²) in [7, 11) is 2.86. The first-order valence-corrected chi connectivity index (χ1v) is 8.20. The maximum atomic E-state index is 12.7. The van der Waals surface area contributed by atoms with E-state index in [1.807, 2.05) is 0 Å². The number of carbonyl (C=O) groups excluding carboxylic acids is 2. The van der Waals surface area contributed by atoms with Crippen molar-refractivity contribution in [1.29, 1.82) is 0 Å². The largest absolute Gasteiger partial charge is 0.497 e. The second-order valence-corrected chi connectivity index (χ2v) is 6.27. The molecule has 0 spiro atoms. The van der Waals surface area contributed by atoms with Gasteiger partial charge in [0.1, 0.15) is 22.0 Å². The zero-order valence-electron chi connectivity index (χ0n) is 14.1. The SMILES string of the molecule is COC(=O)c1sc(NC(=O)c2c(C)oc3ccc(OC)cc23)nc1C. The third kappa shape index (κ3) is 3.08. The van der Waals surface area contributed by atoms with Crippen molar-refractivity contribution in [3.05, 3.63) is 40.1 Å². The Balaban J connectivity index is 1.95. The number of methoxy groups -OCH3 is 2. The van der Waals surface area contributed by atoms with Crippen molar-refractivity contribution in [1.82, 2.24) is 4.98 Å². The minimum Gasteiger partial charge on any atom is -0.497 e. The molecule has 0 saturated carbocycles. The Labute approximate surface area is 147 Å². The Bertz CT molecular complexity index is 973. The maximum Gasteiger partial charge on any atom is 0.350 e. The normalized spacial score (nSPS) is 10.7. The third-order valence-electron chi connectivity index (χ3n) is 3.69. The second-order valence-electron chi connectivity index (χ2n) is 5.27. The predicted octanol–water partition coefficient (Wildman–Crippen LogP) is 3.55. The van der Waals surface area contributed by atoms with Crippen LogP contribution in [0.5, 0.6) is 5.75 Å². The highest BCUT2D eigenvalue weighted by Gasteiger charge is 2.22. The minimum atomic E-state index is -0.481. The fourth-order valence-electron chi connectivity index (χ4n) is 2.50. The topological polar surface area (TPSA) is 90.7 Å². The minimum absolute atomic E-state index is 0.319. The van der Waals surface area contributed by atoms with Crippen LogP contribution in [-0.2, 0) is 4.74 Å². The fourth-order valence-corrected chi connectivity index (χ4v) is 3.38. The van der Waals surface area contributed by atoms with Crippen LogP contribution in [0.1, 0.15) is 31.5 Å². The Morgan fingerprint density at radius 1 is 1.24 bits per heavy atom. The molecule has 8 heteroatoms. The number of fused-ring (bicyclic) bond motifs is 1. The molecule has 0 aliphatic rings. The molecular weight excluding hydrogens is 344 g/mol. The summed E-state index contributed by atoms with van der Waals surface area (Å²) in [5.74, 6) is 0.266. The van der Waals surface area contributed by atoms with E-state index in [2.05, 4.69) is 10.3 Å². The van der Waals surface area contributed by atoms with Crippen LogP contribution in [0, 0.1) is 13.8 Å². The lowest BCUT2D eigenvalue weighted by molar-refractivity contribution is 0.0605. The first kappa shape index (κ1) is 17.0. The lowest BCUT2D eigenvalue weighted by Crippen LogP contribution is -2.12. The molecule has 1 aromatic carbocycles. The molecule has 0 saturated heterocycles. The van der Waals surface area contributed by atoms with Gasteiger partial charge in [-0.2, -0.15) is 0 Å². The molecule has 0 aliphatic carbocycles. The molecule has 3 rings (SSSR count). The lowest BCUT2D eigenvalue weighted by atomic mass is 10.1. The number of hydrogen-bond donors (Lipinski definition) is 1. The van der Waals surface area contributed by atoms with Crippen molar-refractivity contribution in [2.45, 2.75) is 13.8 Å². The summed E-state index contributed by atoms with van der Waals surface area (Å²) in [4.78, 5) is 28.9. The van der Waals surface area contributed by atoms with Crippen LogP contribution in [-0.4, -0.2) is 31.1 Å². The Kier molecular flexibility index (Phi) is 4.45. The van der Waals surface area contributed by atoms with E-state index < -0.39 is 5.97 Å². The number of aryl methyl sites for hydroxylation is 2. The van der Waals surface area contributed by atoms with Gasteiger partial charge in [0.2, 0.25) is 0 Å². The van der Waals surface area contributed by atoms with E-state index in [9.17, 15) is 9.59 Å². The van der Waals surface area contributed by atoms with Gasteiger partial charge in [0.25, 0.3) is 5.91 Å². The molecule has 2 heterocycles. The number of anilines is 1. The highest BCUT2D eigenvalue weighted by atomic mass is 32.1. The van der Waals surface area contributed by atoms with Crippen LogP contribution in [0.4, 0.5) is 5.13 Å². The molecule has 130 valence electrons. The number of nitrogens with one attached hydrogen (secondary N) is 1. The summed E-state index contributed by atoms with van der Waals surface area (Å²) in [6.45, 7) is 3.40. The van der Waals surface area contributed by atoms with Gasteiger partial charge < -0.3 is 13.9 Å². The van der Waals surface area contributed by atoms with Crippen LogP contribution in [0.15, 0.2) is 22.6 Å². The molecule has 0 aliphatic heterocycles. The van der Waals surface area contributed by atoms with Gasteiger partial charge in [0, 0.05) is 5.39 Å². The number of nitrogens with zero attached hydrogens (tertiary/aromatic N) is 1. The molecule has 2 aromatic heterocycles. The molecule has 0 bridgehead atoms. The van der Waals surface area contributed by atoms with Gasteiger partial charge in [-0.25, -0.2) is 9.78 Å². The van der Waals surface area contributed by atoms with Crippen LogP contribution in [0.25, 0.3) is 11.0 Å². The summed E-state index contributed by atoms with van der Waals surface area (Å²) in [6, 6.07) is 5.26. The smallest absolute Gasteiger partial charge is 0.350 e. The average molecular weight is 360 g/mol. The van der Waals surface area contributed by atoms with Crippen molar-refractivity contribution in [2.75, 3.05) is 19.5 Å². The number of rotatable bonds is 4. The first-order chi connectivity index (χ1) is 11.9. The first-order valence-electron chi connectivity index (χ1n) is 7.38. The van der Waals surface area contributed by atoms with Crippen LogP contribution >= 0.6 is 11.3 Å². The molecule has 7 nitrogen and oxygen atoms in total. The number of thiazole rings is 1. The zero-order chi connectivity index (χ0) is 18.1. The fraction of sp³-hybridized carbons (Fsp3) is 0.235. The summed E-state index contributed by atoms with van der Waals surface area (Å²) >= 11 is 1.06. The summed E-state index contributed by atoms with van der Waals surface area (Å²) in [5.41, 5.74) is 1.50. The van der Waals surface area contributed by atoms with E-state index in [0.717, 1.165) is 11.3 Å². The van der Waals surface area contributed by atoms with Crippen molar-refractivity contribution in [3.63, 3.8) is 0 Å². The predicted molar refractivity (Wildman–Crippen MR) is 93.6 cm³/mol. The second kappa shape index (κ2) is 6.56. The van der Waals surface area contributed by atoms with Gasteiger partial charge in [-0.15, -0.1) is 0 Å². The molecule has 1 N–H and O–H groups in total. The lowest BCUT2D eigenvalue weighted by Gasteiger charge is -2.02. The number of benzene rings is 1. The van der Waals surface area contributed by atoms with Gasteiger partial charge >= 0.3 is 5.97 Å². The molecule has 1 amide bonds. The molecule has 0 radical (unpaired) electrons.